The number of rotatable bonds is 10. The predicted molar refractivity (Wildman–Crippen MR) is 160 cm³/mol. The molecule has 1 aromatic heterocycles. The summed E-state index contributed by atoms with van der Waals surface area (Å²) in [6.07, 6.45) is 1.30. The summed E-state index contributed by atoms with van der Waals surface area (Å²) in [6.45, 7) is 6.39. The van der Waals surface area contributed by atoms with Gasteiger partial charge in [0.1, 0.15) is 18.2 Å². The number of carbonyl (C=O) groups excluding carboxylic acids is 3. The summed E-state index contributed by atoms with van der Waals surface area (Å²) in [6, 6.07) is 15.9. The van der Waals surface area contributed by atoms with Crippen LogP contribution in [-0.4, -0.2) is 71.4 Å². The lowest BCUT2D eigenvalue weighted by molar-refractivity contribution is -0.143. The average Bonchev–Trinajstić information content (AvgIpc) is 3.71. The first-order valence-electron chi connectivity index (χ1n) is 14.7. The van der Waals surface area contributed by atoms with E-state index in [1.807, 2.05) is 68.4 Å². The molecule has 1 spiro atoms. The zero-order chi connectivity index (χ0) is 29.6. The highest BCUT2D eigenvalue weighted by molar-refractivity contribution is 8.02. The molecule has 2 aromatic carbocycles. The number of nitrogens with one attached hydrogen (secondary N) is 2. The Hall–Kier alpha value is -3.44. The van der Waals surface area contributed by atoms with Crippen molar-refractivity contribution >= 4 is 40.5 Å². The largest absolute Gasteiger partial charge is 0.394 e. The topological polar surface area (TPSA) is 129 Å². The van der Waals surface area contributed by atoms with Crippen LogP contribution in [0.25, 0.3) is 11.0 Å². The lowest BCUT2D eigenvalue weighted by Crippen LogP contribution is -2.58. The molecule has 3 N–H and O–H groups in total. The number of aliphatic hydroxyl groups is 1. The molecule has 3 saturated heterocycles. The zero-order valence-corrected chi connectivity index (χ0v) is 25.0. The van der Waals surface area contributed by atoms with Crippen LogP contribution in [0.3, 0.4) is 0 Å². The maximum Gasteiger partial charge on any atom is 0.245 e. The van der Waals surface area contributed by atoms with E-state index in [0.717, 1.165) is 23.0 Å². The number of aliphatic hydroxyl groups excluding tert-OH is 1. The van der Waals surface area contributed by atoms with E-state index >= 15 is 0 Å². The van der Waals surface area contributed by atoms with E-state index in [1.54, 1.807) is 21.3 Å². The first-order valence-corrected chi connectivity index (χ1v) is 15.6. The fourth-order valence-electron chi connectivity index (χ4n) is 7.46. The summed E-state index contributed by atoms with van der Waals surface area (Å²) in [5, 5.41) is 24.9. The van der Waals surface area contributed by atoms with Gasteiger partial charge in [-0.2, -0.15) is 0 Å². The third kappa shape index (κ3) is 4.66. The lowest BCUT2D eigenvalue weighted by Gasteiger charge is -2.40. The lowest BCUT2D eigenvalue weighted by atomic mass is 9.66. The number of benzene rings is 2. The number of para-hydroxylation sites is 1. The van der Waals surface area contributed by atoms with E-state index in [9.17, 15) is 19.5 Å². The number of nitrogens with zero attached hydrogens (tertiary/aromatic N) is 4. The normalized spacial score (nSPS) is 28.8. The molecule has 6 rings (SSSR count). The number of hydrogen-bond acceptors (Lipinski definition) is 7. The van der Waals surface area contributed by atoms with Gasteiger partial charge in [0.25, 0.3) is 0 Å². The highest BCUT2D eigenvalue weighted by Gasteiger charge is 2.76. The molecule has 4 heterocycles. The molecular formula is C31H38N6O4S. The van der Waals surface area contributed by atoms with Gasteiger partial charge in [-0.1, -0.05) is 68.4 Å². The molecule has 3 aromatic rings. The van der Waals surface area contributed by atoms with Crippen molar-refractivity contribution in [2.75, 3.05) is 6.61 Å². The Bertz CT molecular complexity index is 1480. The van der Waals surface area contributed by atoms with Gasteiger partial charge in [-0.15, -0.1) is 16.9 Å². The van der Waals surface area contributed by atoms with Crippen LogP contribution in [0.15, 0.2) is 54.6 Å². The highest BCUT2D eigenvalue weighted by atomic mass is 32.2. The first kappa shape index (κ1) is 28.7. The minimum Gasteiger partial charge on any atom is -0.394 e. The Balaban J connectivity index is 1.31. The second kappa shape index (κ2) is 11.3. The Kier molecular flexibility index (Phi) is 7.74. The molecule has 3 aliphatic heterocycles. The van der Waals surface area contributed by atoms with Gasteiger partial charge in [0.05, 0.1) is 34.7 Å². The third-order valence-corrected chi connectivity index (χ3v) is 11.3. The minimum absolute atomic E-state index is 0.0333. The molecule has 10 nitrogen and oxygen atoms in total. The fourth-order valence-corrected chi connectivity index (χ4v) is 9.87. The van der Waals surface area contributed by atoms with Crippen LogP contribution >= 0.6 is 11.8 Å². The summed E-state index contributed by atoms with van der Waals surface area (Å²) < 4.78 is 0.860. The Morgan fingerprint density at radius 3 is 2.57 bits per heavy atom. The molecule has 0 aliphatic carbocycles. The standard InChI is InChI=1S/C31H38N6O4S/c1-18(2)13-21(16-38)37-27(29(40)33-17-36-23-12-8-7-11-22(23)34-35-36)31-19(3)14-24(42-31)25(26(31)30(37)41)28(39)32-15-20-9-5-4-6-10-20/h4-12,18-19,21,24-27,38H,13-17H2,1-3H3,(H,32,39)(H,33,40)/t19?,21-,24+,25-,26+,27?,31?/m1/s1. The van der Waals surface area contributed by atoms with Crippen molar-refractivity contribution in [1.29, 1.82) is 0 Å². The number of fused-ring (bicyclic) bond motifs is 2. The molecule has 3 amide bonds. The van der Waals surface area contributed by atoms with E-state index in [1.165, 1.54) is 0 Å². The Morgan fingerprint density at radius 1 is 1.10 bits per heavy atom. The van der Waals surface area contributed by atoms with E-state index in [-0.39, 0.29) is 48.1 Å². The number of hydrogen-bond donors (Lipinski definition) is 3. The molecular weight excluding hydrogens is 552 g/mol. The molecule has 3 fully saturated rings. The molecule has 0 saturated carbocycles. The SMILES string of the molecule is CC(C)C[C@H](CO)N1C(=O)[C@@H]2[C@H](C(=O)NCc3ccccc3)[C@@H]3CC(C)C2(S3)C1C(=O)NCn1nnc2ccccc21. The molecule has 0 radical (unpaired) electrons. The van der Waals surface area contributed by atoms with Crippen LogP contribution in [0, 0.1) is 23.7 Å². The monoisotopic (exact) mass is 590 g/mol. The van der Waals surface area contributed by atoms with Crippen LogP contribution in [0.5, 0.6) is 0 Å². The van der Waals surface area contributed by atoms with E-state index < -0.39 is 28.7 Å². The van der Waals surface area contributed by atoms with Gasteiger partial charge in [-0.05, 0) is 42.4 Å². The summed E-state index contributed by atoms with van der Waals surface area (Å²) in [7, 11) is 0. The number of aromatic nitrogens is 3. The third-order valence-electron chi connectivity index (χ3n) is 9.21. The number of likely N-dealkylation sites (tertiary alicyclic amines) is 1. The van der Waals surface area contributed by atoms with Crippen LogP contribution in [-0.2, 0) is 27.6 Å². The van der Waals surface area contributed by atoms with Crippen LogP contribution < -0.4 is 10.6 Å². The molecule has 2 bridgehead atoms. The van der Waals surface area contributed by atoms with Crippen molar-refractivity contribution in [3.05, 3.63) is 60.2 Å². The van der Waals surface area contributed by atoms with Crippen LogP contribution in [0.1, 0.15) is 39.2 Å². The van der Waals surface area contributed by atoms with Crippen molar-refractivity contribution < 1.29 is 19.5 Å². The summed E-state index contributed by atoms with van der Waals surface area (Å²) in [5.41, 5.74) is 2.50. The number of carbonyl (C=O) groups is 3. The molecule has 42 heavy (non-hydrogen) atoms. The molecule has 11 heteroatoms. The van der Waals surface area contributed by atoms with Gasteiger partial charge in [0.15, 0.2) is 0 Å². The Morgan fingerprint density at radius 2 is 1.83 bits per heavy atom. The van der Waals surface area contributed by atoms with Gasteiger partial charge in [0.2, 0.25) is 17.7 Å². The fraction of sp³-hybridized carbons (Fsp3) is 0.516. The van der Waals surface area contributed by atoms with Gasteiger partial charge < -0.3 is 20.6 Å². The van der Waals surface area contributed by atoms with Crippen molar-refractivity contribution in [2.45, 2.75) is 68.9 Å². The van der Waals surface area contributed by atoms with Gasteiger partial charge in [-0.3, -0.25) is 14.4 Å². The second-order valence-corrected chi connectivity index (χ2v) is 13.8. The van der Waals surface area contributed by atoms with Gasteiger partial charge in [-0.25, -0.2) is 4.68 Å². The molecule has 7 atom stereocenters. The van der Waals surface area contributed by atoms with E-state index in [4.69, 9.17) is 0 Å². The second-order valence-electron chi connectivity index (χ2n) is 12.2. The van der Waals surface area contributed by atoms with Gasteiger partial charge >= 0.3 is 0 Å². The highest BCUT2D eigenvalue weighted by Crippen LogP contribution is 2.68. The molecule has 3 unspecified atom stereocenters. The van der Waals surface area contributed by atoms with Crippen LogP contribution in [0.2, 0.25) is 0 Å². The van der Waals surface area contributed by atoms with E-state index in [2.05, 4.69) is 27.9 Å². The van der Waals surface area contributed by atoms with Crippen molar-refractivity contribution in [3.63, 3.8) is 0 Å². The first-order chi connectivity index (χ1) is 20.3. The van der Waals surface area contributed by atoms with Crippen LogP contribution in [0.4, 0.5) is 0 Å². The maximum atomic E-state index is 14.4. The number of thioether (sulfide) groups is 1. The quantitative estimate of drug-likeness (QED) is 0.331. The van der Waals surface area contributed by atoms with Gasteiger partial charge in [0, 0.05) is 11.8 Å². The summed E-state index contributed by atoms with van der Waals surface area (Å²) >= 11 is 1.63. The minimum atomic E-state index is -0.822. The molecule has 222 valence electrons. The Labute approximate surface area is 249 Å². The van der Waals surface area contributed by atoms with Crippen molar-refractivity contribution in [1.82, 2.24) is 30.5 Å². The zero-order valence-electron chi connectivity index (χ0n) is 24.1. The predicted octanol–water partition coefficient (Wildman–Crippen LogP) is 2.57. The summed E-state index contributed by atoms with van der Waals surface area (Å²) in [4.78, 5) is 44.0. The summed E-state index contributed by atoms with van der Waals surface area (Å²) in [5.74, 6) is -1.60. The smallest absolute Gasteiger partial charge is 0.245 e. The van der Waals surface area contributed by atoms with Crippen molar-refractivity contribution in [3.8, 4) is 0 Å². The van der Waals surface area contributed by atoms with E-state index in [0.29, 0.717) is 13.0 Å². The maximum absolute atomic E-state index is 14.4. The molecule has 3 aliphatic rings. The van der Waals surface area contributed by atoms with Crippen molar-refractivity contribution in [2.24, 2.45) is 23.7 Å². The average molecular weight is 591 g/mol. The number of amides is 3.